The van der Waals surface area contributed by atoms with Crippen LogP contribution in [0.15, 0.2) is 12.2 Å². The third-order valence-electron chi connectivity index (χ3n) is 7.93. The fourth-order valence-corrected chi connectivity index (χ4v) is 6.74. The highest BCUT2D eigenvalue weighted by atomic mass is 16.3. The molecule has 4 aliphatic carbocycles. The number of rotatable bonds is 0. The molecule has 1 heteroatoms. The first kappa shape index (κ1) is 13.4. The van der Waals surface area contributed by atoms with Gasteiger partial charge in [0.25, 0.3) is 0 Å². The van der Waals surface area contributed by atoms with Gasteiger partial charge < -0.3 is 5.11 Å². The van der Waals surface area contributed by atoms with Gasteiger partial charge in [0.2, 0.25) is 0 Å². The summed E-state index contributed by atoms with van der Waals surface area (Å²) < 4.78 is 0. The molecule has 1 nitrogen and oxygen atoms in total. The molecule has 0 spiro atoms. The Balaban J connectivity index is 1.69. The highest BCUT2D eigenvalue weighted by Crippen LogP contribution is 2.64. The summed E-state index contributed by atoms with van der Waals surface area (Å²) in [5, 5.41) is 10.9. The molecule has 0 bridgehead atoms. The number of aliphatic hydroxyl groups excluding tert-OH is 1. The van der Waals surface area contributed by atoms with Crippen molar-refractivity contribution in [2.75, 3.05) is 0 Å². The van der Waals surface area contributed by atoms with E-state index in [1.165, 1.54) is 44.9 Å². The zero-order chi connectivity index (χ0) is 14.0. The number of allylic oxidation sites excluding steroid dienone is 2. The summed E-state index contributed by atoms with van der Waals surface area (Å²) in [6.45, 7) is 5.02. The SMILES string of the molecule is C[C@@]12C=CC[C@H]1[C@@H]1[C@H](O)CC3CCCC[C@]3(C)[C@H]1CC2. The second-order valence-electron chi connectivity index (χ2n) is 8.72. The molecule has 4 aliphatic rings. The van der Waals surface area contributed by atoms with Gasteiger partial charge in [0.15, 0.2) is 0 Å². The van der Waals surface area contributed by atoms with Crippen molar-refractivity contribution in [2.45, 2.75) is 71.3 Å². The minimum atomic E-state index is -0.0271. The summed E-state index contributed by atoms with van der Waals surface area (Å²) in [4.78, 5) is 0. The van der Waals surface area contributed by atoms with E-state index in [1.54, 1.807) is 0 Å². The molecule has 4 rings (SSSR count). The largest absolute Gasteiger partial charge is 0.393 e. The summed E-state index contributed by atoms with van der Waals surface area (Å²) in [6, 6.07) is 0. The summed E-state index contributed by atoms with van der Waals surface area (Å²) >= 11 is 0. The molecule has 1 unspecified atom stereocenters. The zero-order valence-electron chi connectivity index (χ0n) is 13.1. The van der Waals surface area contributed by atoms with Crippen LogP contribution < -0.4 is 0 Å². The molecular weight excluding hydrogens is 244 g/mol. The van der Waals surface area contributed by atoms with Gasteiger partial charge in [0, 0.05) is 0 Å². The molecule has 0 saturated heterocycles. The van der Waals surface area contributed by atoms with E-state index in [9.17, 15) is 5.11 Å². The molecule has 0 aromatic rings. The second kappa shape index (κ2) is 4.35. The van der Waals surface area contributed by atoms with Crippen LogP contribution in [0, 0.1) is 34.5 Å². The molecule has 3 saturated carbocycles. The van der Waals surface area contributed by atoms with Crippen molar-refractivity contribution < 1.29 is 5.11 Å². The van der Waals surface area contributed by atoms with Gasteiger partial charge in [-0.25, -0.2) is 0 Å². The topological polar surface area (TPSA) is 20.2 Å². The van der Waals surface area contributed by atoms with Crippen molar-refractivity contribution in [2.24, 2.45) is 34.5 Å². The highest BCUT2D eigenvalue weighted by molar-refractivity contribution is 5.17. The van der Waals surface area contributed by atoms with Crippen molar-refractivity contribution in [1.82, 2.24) is 0 Å². The van der Waals surface area contributed by atoms with E-state index >= 15 is 0 Å². The van der Waals surface area contributed by atoms with E-state index in [4.69, 9.17) is 0 Å². The van der Waals surface area contributed by atoms with E-state index in [-0.39, 0.29) is 6.10 Å². The summed E-state index contributed by atoms with van der Waals surface area (Å²) in [5.74, 6) is 2.87. The zero-order valence-corrected chi connectivity index (χ0v) is 13.1. The van der Waals surface area contributed by atoms with Crippen LogP contribution in [0.1, 0.15) is 65.2 Å². The normalized spacial score (nSPS) is 57.9. The summed E-state index contributed by atoms with van der Waals surface area (Å²) in [5.41, 5.74) is 0.923. The van der Waals surface area contributed by atoms with Crippen LogP contribution >= 0.6 is 0 Å². The van der Waals surface area contributed by atoms with E-state index in [0.717, 1.165) is 24.2 Å². The lowest BCUT2D eigenvalue weighted by Crippen LogP contribution is -2.56. The van der Waals surface area contributed by atoms with Gasteiger partial charge in [-0.15, -0.1) is 0 Å². The van der Waals surface area contributed by atoms with Crippen LogP contribution in [0.3, 0.4) is 0 Å². The van der Waals surface area contributed by atoms with Crippen molar-refractivity contribution in [1.29, 1.82) is 0 Å². The Morgan fingerprint density at radius 2 is 1.90 bits per heavy atom. The number of aliphatic hydroxyl groups is 1. The lowest BCUT2D eigenvalue weighted by atomic mass is 9.44. The van der Waals surface area contributed by atoms with Gasteiger partial charge >= 0.3 is 0 Å². The maximum atomic E-state index is 10.9. The molecule has 0 radical (unpaired) electrons. The molecule has 1 N–H and O–H groups in total. The van der Waals surface area contributed by atoms with Gasteiger partial charge in [-0.05, 0) is 73.0 Å². The fraction of sp³-hybridized carbons (Fsp3) is 0.895. The molecule has 0 aromatic heterocycles. The average Bonchev–Trinajstić information content (AvgIpc) is 2.81. The standard InChI is InChI=1S/C19H30O/c1-18-9-5-7-14(18)17-15(8-11-18)19(2)10-4-3-6-13(19)12-16(17)20/h5,9,13-17,20H,3-4,6-8,10-12H2,1-2H3/t13?,14-,15-,16+,17-,18-,19-/m0/s1. The van der Waals surface area contributed by atoms with Gasteiger partial charge in [0.05, 0.1) is 6.10 Å². The molecule has 7 atom stereocenters. The van der Waals surface area contributed by atoms with Crippen LogP contribution in [-0.2, 0) is 0 Å². The van der Waals surface area contributed by atoms with Crippen LogP contribution in [0.4, 0.5) is 0 Å². The summed E-state index contributed by atoms with van der Waals surface area (Å²) in [6.07, 6.45) is 15.5. The monoisotopic (exact) mass is 274 g/mol. The lowest BCUT2D eigenvalue weighted by molar-refractivity contribution is -0.153. The number of fused-ring (bicyclic) bond motifs is 5. The maximum Gasteiger partial charge on any atom is 0.0577 e. The van der Waals surface area contributed by atoms with Crippen LogP contribution in [0.25, 0.3) is 0 Å². The van der Waals surface area contributed by atoms with Gasteiger partial charge in [-0.3, -0.25) is 0 Å². The van der Waals surface area contributed by atoms with E-state index < -0.39 is 0 Å². The molecular formula is C19H30O. The second-order valence-corrected chi connectivity index (χ2v) is 8.72. The molecule has 0 heterocycles. The van der Waals surface area contributed by atoms with Crippen LogP contribution in [0.2, 0.25) is 0 Å². The maximum absolute atomic E-state index is 10.9. The molecule has 0 aromatic carbocycles. The molecule has 0 amide bonds. The predicted octanol–water partition coefficient (Wildman–Crippen LogP) is 4.56. The molecule has 0 aliphatic heterocycles. The van der Waals surface area contributed by atoms with Crippen LogP contribution in [-0.4, -0.2) is 11.2 Å². The van der Waals surface area contributed by atoms with Crippen molar-refractivity contribution in [3.63, 3.8) is 0 Å². The predicted molar refractivity (Wildman–Crippen MR) is 82.3 cm³/mol. The number of hydrogen-bond acceptors (Lipinski definition) is 1. The molecule has 3 fully saturated rings. The fourth-order valence-electron chi connectivity index (χ4n) is 6.74. The average molecular weight is 274 g/mol. The Morgan fingerprint density at radius 1 is 1.05 bits per heavy atom. The van der Waals surface area contributed by atoms with E-state index in [2.05, 4.69) is 26.0 Å². The Labute approximate surface area is 123 Å². The molecule has 20 heavy (non-hydrogen) atoms. The Kier molecular flexibility index (Phi) is 2.91. The first-order valence-electron chi connectivity index (χ1n) is 8.90. The molecule has 112 valence electrons. The van der Waals surface area contributed by atoms with E-state index in [0.29, 0.717) is 16.7 Å². The third-order valence-corrected chi connectivity index (χ3v) is 7.93. The highest BCUT2D eigenvalue weighted by Gasteiger charge is 2.58. The number of hydrogen-bond donors (Lipinski definition) is 1. The minimum Gasteiger partial charge on any atom is -0.393 e. The summed E-state index contributed by atoms with van der Waals surface area (Å²) in [7, 11) is 0. The first-order valence-corrected chi connectivity index (χ1v) is 8.90. The van der Waals surface area contributed by atoms with Crippen molar-refractivity contribution in [3.05, 3.63) is 12.2 Å². The Bertz CT molecular complexity index is 427. The Morgan fingerprint density at radius 3 is 2.75 bits per heavy atom. The van der Waals surface area contributed by atoms with Crippen LogP contribution in [0.5, 0.6) is 0 Å². The first-order chi connectivity index (χ1) is 9.55. The quantitative estimate of drug-likeness (QED) is 0.642. The third kappa shape index (κ3) is 1.65. The van der Waals surface area contributed by atoms with Gasteiger partial charge in [-0.1, -0.05) is 38.8 Å². The lowest BCUT2D eigenvalue weighted by Gasteiger charge is -2.61. The van der Waals surface area contributed by atoms with Gasteiger partial charge in [0.1, 0.15) is 0 Å². The van der Waals surface area contributed by atoms with Crippen molar-refractivity contribution >= 4 is 0 Å². The Hall–Kier alpha value is -0.300. The minimum absolute atomic E-state index is 0.0271. The van der Waals surface area contributed by atoms with Gasteiger partial charge in [-0.2, -0.15) is 0 Å². The van der Waals surface area contributed by atoms with Crippen molar-refractivity contribution in [3.8, 4) is 0 Å². The smallest absolute Gasteiger partial charge is 0.0577 e. The van der Waals surface area contributed by atoms with E-state index in [1.807, 2.05) is 0 Å².